The molecule has 0 amide bonds. The summed E-state index contributed by atoms with van der Waals surface area (Å²) in [6, 6.07) is 6.24. The van der Waals surface area contributed by atoms with Crippen molar-refractivity contribution in [2.24, 2.45) is 0 Å². The number of halogens is 1. The highest BCUT2D eigenvalue weighted by molar-refractivity contribution is 6.76. The van der Waals surface area contributed by atoms with E-state index >= 15 is 4.39 Å². The number of carbonyl (C=O) groups is 1. The molecule has 0 unspecified atom stereocenters. The maximum atomic E-state index is 15.5. The van der Waals surface area contributed by atoms with Gasteiger partial charge >= 0.3 is 12.0 Å². The number of hydrogen-bond donors (Lipinski definition) is 0. The van der Waals surface area contributed by atoms with Crippen LogP contribution in [0.1, 0.15) is 42.1 Å². The Bertz CT molecular complexity index is 1170. The van der Waals surface area contributed by atoms with Crippen molar-refractivity contribution < 1.29 is 28.1 Å². The summed E-state index contributed by atoms with van der Waals surface area (Å²) >= 11 is 0. The van der Waals surface area contributed by atoms with E-state index in [4.69, 9.17) is 18.9 Å². The number of imidazole rings is 1. The maximum Gasteiger partial charge on any atom is 0.338 e. The van der Waals surface area contributed by atoms with Gasteiger partial charge in [0, 0.05) is 41.3 Å². The molecule has 0 aliphatic heterocycles. The predicted octanol–water partition coefficient (Wildman–Crippen LogP) is 4.71. The van der Waals surface area contributed by atoms with E-state index in [9.17, 15) is 4.79 Å². The zero-order chi connectivity index (χ0) is 29.0. The Morgan fingerprint density at radius 1 is 1.15 bits per heavy atom. The third kappa shape index (κ3) is 10.5. The zero-order valence-electron chi connectivity index (χ0n) is 24.8. The normalized spacial score (nSPS) is 12.6. The van der Waals surface area contributed by atoms with E-state index in [1.54, 1.807) is 29.9 Å². The number of unbranched alkanes of at least 4 members (excludes halogenated alkanes) is 1. The molecule has 1 aromatic heterocycles. The lowest BCUT2D eigenvalue weighted by atomic mass is 10.1. The van der Waals surface area contributed by atoms with E-state index in [0.717, 1.165) is 37.5 Å². The number of rotatable bonds is 17. The molecule has 39 heavy (non-hydrogen) atoms. The molecule has 10 heteroatoms. The quantitative estimate of drug-likeness (QED) is 0.157. The lowest BCUT2D eigenvalue weighted by Crippen LogP contribution is -2.33. The summed E-state index contributed by atoms with van der Waals surface area (Å²) in [6.07, 6.45) is 2.30. The van der Waals surface area contributed by atoms with Crippen molar-refractivity contribution in [3.05, 3.63) is 40.0 Å². The first kappa shape index (κ1) is 32.7. The first-order valence-electron chi connectivity index (χ1n) is 13.6. The molecular formula is C29H46FN3O5Si. The second kappa shape index (κ2) is 15.9. The van der Waals surface area contributed by atoms with Gasteiger partial charge in [0.1, 0.15) is 23.7 Å². The van der Waals surface area contributed by atoms with Crippen LogP contribution in [0.5, 0.6) is 11.8 Å². The van der Waals surface area contributed by atoms with Crippen molar-refractivity contribution in [1.29, 1.82) is 0 Å². The summed E-state index contributed by atoms with van der Waals surface area (Å²) < 4.78 is 39.3. The van der Waals surface area contributed by atoms with Crippen LogP contribution in [0, 0.1) is 6.92 Å². The molecule has 0 fully saturated rings. The summed E-state index contributed by atoms with van der Waals surface area (Å²) in [4.78, 5) is 18.9. The molecule has 2 aromatic rings. The highest BCUT2D eigenvalue weighted by Crippen LogP contribution is 2.23. The Labute approximate surface area is 233 Å². The second-order valence-corrected chi connectivity index (χ2v) is 16.5. The van der Waals surface area contributed by atoms with Crippen LogP contribution in [-0.2, 0) is 20.9 Å². The monoisotopic (exact) mass is 563 g/mol. The topological polar surface area (TPSA) is 75.0 Å². The summed E-state index contributed by atoms with van der Waals surface area (Å²) in [5.74, 6) is -0.439. The number of ether oxygens (including phenoxy) is 4. The number of esters is 1. The molecule has 8 nitrogen and oxygen atoms in total. The van der Waals surface area contributed by atoms with Gasteiger partial charge in [-0.05, 0) is 43.6 Å². The fraction of sp³-hybridized carbons (Fsp3) is 0.586. The lowest BCUT2D eigenvalue weighted by Gasteiger charge is -2.21. The Morgan fingerprint density at radius 3 is 2.54 bits per heavy atom. The van der Waals surface area contributed by atoms with Gasteiger partial charge in [0.2, 0.25) is 0 Å². The molecule has 218 valence electrons. The molecule has 0 spiro atoms. The number of nitrogens with zero attached hydrogens (tertiary/aromatic N) is 3. The molecule has 2 rings (SSSR count). The SMILES string of the molecule is C=c1/c(=C(/F)CCN(CCCC)CCOC)nc(Oc2ccc(C)c(C(=O)OC)c2)n1COCC[Si](C)(C)C. The molecule has 0 N–H and O–H groups in total. The van der Waals surface area contributed by atoms with Crippen LogP contribution in [0.3, 0.4) is 0 Å². The van der Waals surface area contributed by atoms with E-state index in [1.165, 1.54) is 7.11 Å². The minimum atomic E-state index is -1.28. The average molecular weight is 564 g/mol. The minimum Gasteiger partial charge on any atom is -0.465 e. The van der Waals surface area contributed by atoms with Gasteiger partial charge in [-0.15, -0.1) is 0 Å². The van der Waals surface area contributed by atoms with Gasteiger partial charge in [0.25, 0.3) is 0 Å². The molecule has 0 aliphatic carbocycles. The molecule has 0 radical (unpaired) electrons. The van der Waals surface area contributed by atoms with E-state index in [1.807, 2.05) is 6.92 Å². The van der Waals surface area contributed by atoms with Crippen molar-refractivity contribution in [2.75, 3.05) is 47.1 Å². The van der Waals surface area contributed by atoms with E-state index in [0.29, 0.717) is 36.4 Å². The third-order valence-electron chi connectivity index (χ3n) is 6.42. The fourth-order valence-electron chi connectivity index (χ4n) is 3.84. The van der Waals surface area contributed by atoms with Gasteiger partial charge in [-0.25, -0.2) is 9.18 Å². The van der Waals surface area contributed by atoms with Crippen molar-refractivity contribution in [2.45, 2.75) is 65.5 Å². The van der Waals surface area contributed by atoms with Gasteiger partial charge in [-0.3, -0.25) is 4.57 Å². The smallest absolute Gasteiger partial charge is 0.338 e. The van der Waals surface area contributed by atoms with Crippen LogP contribution in [0.25, 0.3) is 12.4 Å². The van der Waals surface area contributed by atoms with Crippen molar-refractivity contribution in [3.8, 4) is 11.8 Å². The first-order chi connectivity index (χ1) is 18.5. The van der Waals surface area contributed by atoms with Gasteiger partial charge in [-0.1, -0.05) is 45.6 Å². The average Bonchev–Trinajstić information content (AvgIpc) is 3.20. The van der Waals surface area contributed by atoms with Crippen LogP contribution in [-0.4, -0.2) is 75.6 Å². The van der Waals surface area contributed by atoms with Gasteiger partial charge in [-0.2, -0.15) is 4.98 Å². The van der Waals surface area contributed by atoms with E-state index in [2.05, 4.69) is 43.0 Å². The maximum absolute atomic E-state index is 15.5. The lowest BCUT2D eigenvalue weighted by molar-refractivity contribution is 0.0599. The number of aromatic nitrogens is 2. The molecule has 0 bridgehead atoms. The molecule has 0 saturated heterocycles. The highest BCUT2D eigenvalue weighted by atomic mass is 28.3. The van der Waals surface area contributed by atoms with Gasteiger partial charge in [0.15, 0.2) is 0 Å². The molecule has 1 heterocycles. The van der Waals surface area contributed by atoms with Crippen LogP contribution >= 0.6 is 0 Å². The number of carbonyl (C=O) groups excluding carboxylic acids is 1. The summed E-state index contributed by atoms with van der Waals surface area (Å²) in [5, 5.41) is 0.536. The van der Waals surface area contributed by atoms with Crippen LogP contribution in [0.2, 0.25) is 25.7 Å². The standard InChI is InChI=1S/C29H46FN3O5Si/c1-9-10-14-32(16-17-35-4)15-13-26(30)27-23(3)33(21-37-18-19-39(6,7)8)29(31-27)38-24-12-11-22(2)25(20-24)28(34)36-5/h11-12,20H,3,9-10,13-19,21H2,1-2,4-8H3/b27-26-. The molecule has 0 saturated carbocycles. The Kier molecular flexibility index (Phi) is 13.3. The number of benzene rings is 1. The van der Waals surface area contributed by atoms with E-state index in [-0.39, 0.29) is 30.3 Å². The van der Waals surface area contributed by atoms with E-state index < -0.39 is 14.0 Å². The number of methoxy groups -OCH3 is 2. The van der Waals surface area contributed by atoms with Gasteiger partial charge in [0.05, 0.1) is 24.6 Å². The van der Waals surface area contributed by atoms with Crippen molar-refractivity contribution in [1.82, 2.24) is 14.5 Å². The number of aryl methyl sites for hydroxylation is 1. The van der Waals surface area contributed by atoms with Crippen LogP contribution in [0.15, 0.2) is 18.2 Å². The van der Waals surface area contributed by atoms with Crippen molar-refractivity contribution >= 4 is 26.4 Å². The van der Waals surface area contributed by atoms with Crippen LogP contribution < -0.4 is 15.4 Å². The zero-order valence-corrected chi connectivity index (χ0v) is 25.8. The Balaban J connectivity index is 2.37. The summed E-state index contributed by atoms with van der Waals surface area (Å²) in [5.41, 5.74) is 1.14. The first-order valence-corrected chi connectivity index (χ1v) is 17.3. The van der Waals surface area contributed by atoms with Crippen molar-refractivity contribution in [3.63, 3.8) is 0 Å². The highest BCUT2D eigenvalue weighted by Gasteiger charge is 2.17. The number of hydrogen-bond acceptors (Lipinski definition) is 7. The van der Waals surface area contributed by atoms with Crippen LogP contribution in [0.4, 0.5) is 4.39 Å². The molecular weight excluding hydrogens is 517 g/mol. The Hall–Kier alpha value is -2.53. The predicted molar refractivity (Wildman–Crippen MR) is 156 cm³/mol. The molecule has 0 aliphatic rings. The molecule has 1 aromatic carbocycles. The summed E-state index contributed by atoms with van der Waals surface area (Å²) in [6.45, 7) is 18.4. The summed E-state index contributed by atoms with van der Waals surface area (Å²) in [7, 11) is 1.72. The third-order valence-corrected chi connectivity index (χ3v) is 8.13. The largest absolute Gasteiger partial charge is 0.465 e. The molecule has 0 atom stereocenters. The fourth-order valence-corrected chi connectivity index (χ4v) is 4.60. The van der Waals surface area contributed by atoms with Gasteiger partial charge < -0.3 is 23.8 Å². The second-order valence-electron chi connectivity index (χ2n) is 10.9. The minimum absolute atomic E-state index is 0.130. The Morgan fingerprint density at radius 2 is 1.90 bits per heavy atom.